The standard InChI is InChI=1S/C17H26FNO2/c1-13-3-2-4-17(9-13)21-12-16(20)11-19-10-14-5-7-15(18)8-6-14/h5-8,13,16-17,19-20H,2-4,9-12H2,1H3. The average molecular weight is 295 g/mol. The molecule has 0 aromatic heterocycles. The Balaban J connectivity index is 1.59. The molecule has 1 aromatic rings. The number of hydrogen-bond acceptors (Lipinski definition) is 3. The lowest BCUT2D eigenvalue weighted by Crippen LogP contribution is -2.33. The minimum atomic E-state index is -0.498. The Morgan fingerprint density at radius 3 is 2.81 bits per heavy atom. The van der Waals surface area contributed by atoms with Gasteiger partial charge in [0.2, 0.25) is 0 Å². The molecule has 0 spiro atoms. The first-order chi connectivity index (χ1) is 10.1. The molecule has 4 heteroatoms. The van der Waals surface area contributed by atoms with Crippen LogP contribution < -0.4 is 5.32 Å². The zero-order chi connectivity index (χ0) is 15.1. The Morgan fingerprint density at radius 1 is 1.33 bits per heavy atom. The van der Waals surface area contributed by atoms with Crippen molar-refractivity contribution in [3.63, 3.8) is 0 Å². The van der Waals surface area contributed by atoms with Crippen molar-refractivity contribution in [2.45, 2.75) is 51.4 Å². The molecule has 1 saturated carbocycles. The smallest absolute Gasteiger partial charge is 0.123 e. The zero-order valence-corrected chi connectivity index (χ0v) is 12.7. The number of hydrogen-bond donors (Lipinski definition) is 2. The van der Waals surface area contributed by atoms with Crippen LogP contribution in [0, 0.1) is 11.7 Å². The summed E-state index contributed by atoms with van der Waals surface area (Å²) in [6, 6.07) is 6.38. The molecule has 3 unspecified atom stereocenters. The summed E-state index contributed by atoms with van der Waals surface area (Å²) in [5.41, 5.74) is 1.01. The molecule has 0 aliphatic heterocycles. The molecule has 1 aliphatic carbocycles. The molecule has 1 aliphatic rings. The van der Waals surface area contributed by atoms with Gasteiger partial charge in [-0.05, 0) is 36.5 Å². The summed E-state index contributed by atoms with van der Waals surface area (Å²) >= 11 is 0. The van der Waals surface area contributed by atoms with E-state index in [-0.39, 0.29) is 5.82 Å². The van der Waals surface area contributed by atoms with E-state index in [1.54, 1.807) is 12.1 Å². The van der Waals surface area contributed by atoms with E-state index in [1.165, 1.54) is 25.0 Å². The van der Waals surface area contributed by atoms with E-state index in [0.29, 0.717) is 25.8 Å². The lowest BCUT2D eigenvalue weighted by Gasteiger charge is -2.27. The summed E-state index contributed by atoms with van der Waals surface area (Å²) in [5, 5.41) is 13.1. The topological polar surface area (TPSA) is 41.5 Å². The van der Waals surface area contributed by atoms with Gasteiger partial charge in [0.25, 0.3) is 0 Å². The van der Waals surface area contributed by atoms with E-state index in [9.17, 15) is 9.50 Å². The maximum Gasteiger partial charge on any atom is 0.123 e. The summed E-state index contributed by atoms with van der Waals surface area (Å²) in [5.74, 6) is 0.506. The molecule has 2 N–H and O–H groups in total. The molecule has 118 valence electrons. The SMILES string of the molecule is CC1CCCC(OCC(O)CNCc2ccc(F)cc2)C1. The average Bonchev–Trinajstić information content (AvgIpc) is 2.47. The maximum atomic E-state index is 12.8. The number of benzene rings is 1. The van der Waals surface area contributed by atoms with Crippen LogP contribution in [0.3, 0.4) is 0 Å². The van der Waals surface area contributed by atoms with Crippen molar-refractivity contribution in [1.82, 2.24) is 5.32 Å². The van der Waals surface area contributed by atoms with Gasteiger partial charge in [-0.2, -0.15) is 0 Å². The fourth-order valence-electron chi connectivity index (χ4n) is 2.82. The first-order valence-corrected chi connectivity index (χ1v) is 7.88. The highest BCUT2D eigenvalue weighted by Crippen LogP contribution is 2.25. The van der Waals surface area contributed by atoms with Crippen molar-refractivity contribution < 1.29 is 14.2 Å². The van der Waals surface area contributed by atoms with E-state index in [1.807, 2.05) is 0 Å². The van der Waals surface area contributed by atoms with Gasteiger partial charge in [0.05, 0.1) is 18.8 Å². The quantitative estimate of drug-likeness (QED) is 0.813. The zero-order valence-electron chi connectivity index (χ0n) is 12.7. The predicted molar refractivity (Wildman–Crippen MR) is 81.5 cm³/mol. The highest BCUT2D eigenvalue weighted by molar-refractivity contribution is 5.15. The normalized spacial score (nSPS) is 24.0. The third-order valence-corrected chi connectivity index (χ3v) is 4.03. The van der Waals surface area contributed by atoms with E-state index in [0.717, 1.165) is 24.3 Å². The van der Waals surface area contributed by atoms with Crippen molar-refractivity contribution in [2.24, 2.45) is 5.92 Å². The van der Waals surface area contributed by atoms with Crippen molar-refractivity contribution in [3.05, 3.63) is 35.6 Å². The second-order valence-corrected chi connectivity index (χ2v) is 6.14. The molecular formula is C17H26FNO2. The molecule has 21 heavy (non-hydrogen) atoms. The fraction of sp³-hybridized carbons (Fsp3) is 0.647. The van der Waals surface area contributed by atoms with Gasteiger partial charge in [0.1, 0.15) is 5.82 Å². The number of aliphatic hydroxyl groups excluding tert-OH is 1. The largest absolute Gasteiger partial charge is 0.389 e. The van der Waals surface area contributed by atoms with Crippen LogP contribution in [0.5, 0.6) is 0 Å². The molecule has 2 rings (SSSR count). The lowest BCUT2D eigenvalue weighted by atomic mass is 9.89. The predicted octanol–water partition coefficient (Wildman–Crippen LogP) is 2.87. The molecule has 0 heterocycles. The van der Waals surface area contributed by atoms with E-state index in [4.69, 9.17) is 4.74 Å². The van der Waals surface area contributed by atoms with Gasteiger partial charge in [-0.15, -0.1) is 0 Å². The Kier molecular flexibility index (Phi) is 6.61. The van der Waals surface area contributed by atoms with Gasteiger partial charge in [-0.1, -0.05) is 31.9 Å². The molecule has 3 atom stereocenters. The van der Waals surface area contributed by atoms with E-state index in [2.05, 4.69) is 12.2 Å². The van der Waals surface area contributed by atoms with Gasteiger partial charge in [0.15, 0.2) is 0 Å². The number of rotatable bonds is 7. The highest BCUT2D eigenvalue weighted by atomic mass is 19.1. The Labute approximate surface area is 126 Å². The Morgan fingerprint density at radius 2 is 2.10 bits per heavy atom. The molecule has 0 bridgehead atoms. The Bertz CT molecular complexity index is 410. The molecule has 0 saturated heterocycles. The van der Waals surface area contributed by atoms with Crippen molar-refractivity contribution in [2.75, 3.05) is 13.2 Å². The Hall–Kier alpha value is -0.970. The fourth-order valence-corrected chi connectivity index (χ4v) is 2.82. The second-order valence-electron chi connectivity index (χ2n) is 6.14. The molecule has 1 aromatic carbocycles. The molecule has 3 nitrogen and oxygen atoms in total. The summed E-state index contributed by atoms with van der Waals surface area (Å²) in [7, 11) is 0. The second kappa shape index (κ2) is 8.47. The van der Waals surface area contributed by atoms with Gasteiger partial charge in [0, 0.05) is 13.1 Å². The minimum Gasteiger partial charge on any atom is -0.389 e. The summed E-state index contributed by atoms with van der Waals surface area (Å²) in [6.45, 7) is 3.75. The maximum absolute atomic E-state index is 12.8. The van der Waals surface area contributed by atoms with Gasteiger partial charge in [-0.25, -0.2) is 4.39 Å². The minimum absolute atomic E-state index is 0.228. The first-order valence-electron chi connectivity index (χ1n) is 7.88. The van der Waals surface area contributed by atoms with Crippen LogP contribution in [0.15, 0.2) is 24.3 Å². The summed E-state index contributed by atoms with van der Waals surface area (Å²) in [6.07, 6.45) is 4.55. The van der Waals surface area contributed by atoms with E-state index < -0.39 is 6.10 Å². The highest BCUT2D eigenvalue weighted by Gasteiger charge is 2.20. The third-order valence-electron chi connectivity index (χ3n) is 4.03. The summed E-state index contributed by atoms with van der Waals surface area (Å²) < 4.78 is 18.6. The van der Waals surface area contributed by atoms with E-state index >= 15 is 0 Å². The van der Waals surface area contributed by atoms with Crippen LogP contribution in [0.25, 0.3) is 0 Å². The number of nitrogens with one attached hydrogen (secondary N) is 1. The van der Waals surface area contributed by atoms with Crippen molar-refractivity contribution in [3.8, 4) is 0 Å². The summed E-state index contributed by atoms with van der Waals surface area (Å²) in [4.78, 5) is 0. The molecule has 0 amide bonds. The number of ether oxygens (including phenoxy) is 1. The van der Waals surface area contributed by atoms with Gasteiger partial charge in [-0.3, -0.25) is 0 Å². The van der Waals surface area contributed by atoms with Crippen LogP contribution in [-0.4, -0.2) is 30.5 Å². The lowest BCUT2D eigenvalue weighted by molar-refractivity contribution is -0.0306. The molecule has 0 radical (unpaired) electrons. The van der Waals surface area contributed by atoms with Crippen molar-refractivity contribution in [1.29, 1.82) is 0 Å². The first kappa shape index (κ1) is 16.4. The van der Waals surface area contributed by atoms with Crippen LogP contribution in [0.1, 0.15) is 38.2 Å². The van der Waals surface area contributed by atoms with Gasteiger partial charge < -0.3 is 15.2 Å². The number of halogens is 1. The van der Waals surface area contributed by atoms with Crippen LogP contribution >= 0.6 is 0 Å². The van der Waals surface area contributed by atoms with Crippen LogP contribution in [-0.2, 0) is 11.3 Å². The van der Waals surface area contributed by atoms with Crippen molar-refractivity contribution >= 4 is 0 Å². The number of aliphatic hydroxyl groups is 1. The molecule has 1 fully saturated rings. The third kappa shape index (κ3) is 6.12. The van der Waals surface area contributed by atoms with Gasteiger partial charge >= 0.3 is 0 Å². The monoisotopic (exact) mass is 295 g/mol. The van der Waals surface area contributed by atoms with Crippen LogP contribution in [0.2, 0.25) is 0 Å². The molecular weight excluding hydrogens is 269 g/mol. The van der Waals surface area contributed by atoms with Crippen LogP contribution in [0.4, 0.5) is 4.39 Å².